The van der Waals surface area contributed by atoms with E-state index in [1.54, 1.807) is 12.1 Å². The van der Waals surface area contributed by atoms with E-state index in [0.717, 1.165) is 22.6 Å². The highest BCUT2D eigenvalue weighted by atomic mass is 35.5. The highest BCUT2D eigenvalue weighted by molar-refractivity contribution is 6.30. The van der Waals surface area contributed by atoms with Crippen molar-refractivity contribution >= 4 is 28.8 Å². The van der Waals surface area contributed by atoms with E-state index in [4.69, 9.17) is 16.3 Å². The number of benzene rings is 3. The maximum atomic E-state index is 12.8. The minimum atomic E-state index is -0.198. The van der Waals surface area contributed by atoms with E-state index in [1.807, 2.05) is 95.7 Å². The molecule has 33 heavy (non-hydrogen) atoms. The summed E-state index contributed by atoms with van der Waals surface area (Å²) >= 11 is 5.91. The average molecular weight is 454 g/mol. The first-order valence-corrected chi connectivity index (χ1v) is 10.8. The summed E-state index contributed by atoms with van der Waals surface area (Å²) in [6.45, 7) is 0.443. The van der Waals surface area contributed by atoms with Crippen molar-refractivity contribution in [2.75, 3.05) is 5.32 Å². The standard InChI is InChI=1S/C27H20ClN3O2/c28-22-8-6-19(7-9-22)18-33-24-12-10-23(11-13-24)29-27(32)21-14-15-31-17-25(30-26(31)16-21)20-4-2-1-3-5-20/h1-17H,18H2,(H,29,32). The minimum Gasteiger partial charge on any atom is -0.489 e. The molecule has 0 fully saturated rings. The molecule has 0 bridgehead atoms. The van der Waals surface area contributed by atoms with Crippen molar-refractivity contribution in [2.24, 2.45) is 0 Å². The molecular weight excluding hydrogens is 434 g/mol. The first-order chi connectivity index (χ1) is 16.1. The van der Waals surface area contributed by atoms with Gasteiger partial charge in [0.1, 0.15) is 18.0 Å². The molecule has 5 rings (SSSR count). The van der Waals surface area contributed by atoms with Crippen LogP contribution in [-0.2, 0) is 6.61 Å². The Morgan fingerprint density at radius 3 is 2.45 bits per heavy atom. The van der Waals surface area contributed by atoms with Crippen molar-refractivity contribution < 1.29 is 9.53 Å². The number of hydrogen-bond acceptors (Lipinski definition) is 3. The van der Waals surface area contributed by atoms with Crippen molar-refractivity contribution in [1.29, 1.82) is 0 Å². The van der Waals surface area contributed by atoms with Gasteiger partial charge in [-0.05, 0) is 54.1 Å². The molecule has 0 unspecified atom stereocenters. The van der Waals surface area contributed by atoms with Crippen LogP contribution in [0.4, 0.5) is 5.69 Å². The first kappa shape index (κ1) is 20.8. The zero-order valence-corrected chi connectivity index (χ0v) is 18.4. The predicted molar refractivity (Wildman–Crippen MR) is 131 cm³/mol. The summed E-state index contributed by atoms with van der Waals surface area (Å²) in [7, 11) is 0. The number of carbonyl (C=O) groups is 1. The summed E-state index contributed by atoms with van der Waals surface area (Å²) in [4.78, 5) is 17.4. The van der Waals surface area contributed by atoms with Gasteiger partial charge < -0.3 is 14.5 Å². The predicted octanol–water partition coefficient (Wildman–Crippen LogP) is 6.49. The van der Waals surface area contributed by atoms with E-state index in [0.29, 0.717) is 28.5 Å². The second kappa shape index (κ2) is 9.18. The van der Waals surface area contributed by atoms with Crippen LogP contribution in [-0.4, -0.2) is 15.3 Å². The van der Waals surface area contributed by atoms with Gasteiger partial charge in [-0.25, -0.2) is 4.98 Å². The molecule has 1 amide bonds. The molecule has 0 atom stereocenters. The average Bonchev–Trinajstić information content (AvgIpc) is 3.29. The van der Waals surface area contributed by atoms with E-state index < -0.39 is 0 Å². The molecule has 162 valence electrons. The van der Waals surface area contributed by atoms with Crippen LogP contribution < -0.4 is 10.1 Å². The number of pyridine rings is 1. The summed E-state index contributed by atoms with van der Waals surface area (Å²) in [5, 5.41) is 3.62. The number of nitrogens with one attached hydrogen (secondary N) is 1. The molecule has 0 radical (unpaired) electrons. The summed E-state index contributed by atoms with van der Waals surface area (Å²) in [5.41, 5.74) is 4.87. The second-order valence-corrected chi connectivity index (χ2v) is 8.00. The monoisotopic (exact) mass is 453 g/mol. The van der Waals surface area contributed by atoms with Crippen LogP contribution in [0.5, 0.6) is 5.75 Å². The normalized spacial score (nSPS) is 10.8. The van der Waals surface area contributed by atoms with Gasteiger partial charge in [0.25, 0.3) is 5.91 Å². The highest BCUT2D eigenvalue weighted by Gasteiger charge is 2.10. The molecule has 0 aliphatic carbocycles. The molecule has 2 heterocycles. The molecule has 1 N–H and O–H groups in total. The molecule has 6 heteroatoms. The van der Waals surface area contributed by atoms with E-state index in [-0.39, 0.29) is 5.91 Å². The van der Waals surface area contributed by atoms with Crippen LogP contribution in [0.25, 0.3) is 16.9 Å². The molecular formula is C27H20ClN3O2. The fourth-order valence-electron chi connectivity index (χ4n) is 3.46. The third kappa shape index (κ3) is 4.89. The largest absolute Gasteiger partial charge is 0.489 e. The van der Waals surface area contributed by atoms with Crippen molar-refractivity contribution in [1.82, 2.24) is 9.38 Å². The van der Waals surface area contributed by atoms with E-state index >= 15 is 0 Å². The Morgan fingerprint density at radius 2 is 1.70 bits per heavy atom. The van der Waals surface area contributed by atoms with Crippen LogP contribution in [0.2, 0.25) is 5.02 Å². The van der Waals surface area contributed by atoms with E-state index in [9.17, 15) is 4.79 Å². The number of aromatic nitrogens is 2. The number of halogens is 1. The number of amides is 1. The molecule has 0 spiro atoms. The van der Waals surface area contributed by atoms with Gasteiger partial charge in [0, 0.05) is 34.2 Å². The topological polar surface area (TPSA) is 55.6 Å². The second-order valence-electron chi connectivity index (χ2n) is 7.57. The quantitative estimate of drug-likeness (QED) is 0.320. The zero-order valence-electron chi connectivity index (χ0n) is 17.6. The van der Waals surface area contributed by atoms with Gasteiger partial charge in [-0.1, -0.05) is 54.1 Å². The van der Waals surface area contributed by atoms with E-state index in [2.05, 4.69) is 10.3 Å². The smallest absolute Gasteiger partial charge is 0.255 e. The van der Waals surface area contributed by atoms with Crippen molar-refractivity contribution in [2.45, 2.75) is 6.61 Å². The third-order valence-electron chi connectivity index (χ3n) is 5.22. The Labute approximate surface area is 196 Å². The lowest BCUT2D eigenvalue weighted by Gasteiger charge is -2.09. The molecule has 2 aromatic heterocycles. The number of carbonyl (C=O) groups excluding carboxylic acids is 1. The van der Waals surface area contributed by atoms with Gasteiger partial charge in [-0.3, -0.25) is 4.79 Å². The Kier molecular flexibility index (Phi) is 5.79. The van der Waals surface area contributed by atoms with Crippen molar-refractivity contribution in [3.8, 4) is 17.0 Å². The lowest BCUT2D eigenvalue weighted by atomic mass is 10.2. The maximum absolute atomic E-state index is 12.8. The molecule has 0 aliphatic heterocycles. The fourth-order valence-corrected chi connectivity index (χ4v) is 3.58. The van der Waals surface area contributed by atoms with Gasteiger partial charge >= 0.3 is 0 Å². The van der Waals surface area contributed by atoms with Crippen LogP contribution in [0.1, 0.15) is 15.9 Å². The Morgan fingerprint density at radius 1 is 0.939 bits per heavy atom. The summed E-state index contributed by atoms with van der Waals surface area (Å²) in [6, 6.07) is 28.3. The maximum Gasteiger partial charge on any atom is 0.255 e. The Hall–Kier alpha value is -4.09. The van der Waals surface area contributed by atoms with Crippen LogP contribution >= 0.6 is 11.6 Å². The summed E-state index contributed by atoms with van der Waals surface area (Å²) < 4.78 is 7.71. The number of nitrogens with zero attached hydrogens (tertiary/aromatic N) is 2. The van der Waals surface area contributed by atoms with Gasteiger partial charge in [0.2, 0.25) is 0 Å². The van der Waals surface area contributed by atoms with Crippen molar-refractivity contribution in [3.05, 3.63) is 120 Å². The van der Waals surface area contributed by atoms with Crippen LogP contribution in [0.15, 0.2) is 103 Å². The Balaban J connectivity index is 1.24. The third-order valence-corrected chi connectivity index (χ3v) is 5.47. The van der Waals surface area contributed by atoms with Gasteiger partial charge in [-0.2, -0.15) is 0 Å². The number of fused-ring (bicyclic) bond motifs is 1. The highest BCUT2D eigenvalue weighted by Crippen LogP contribution is 2.21. The molecule has 5 aromatic rings. The van der Waals surface area contributed by atoms with Gasteiger partial charge in [0.05, 0.1) is 5.69 Å². The number of ether oxygens (including phenoxy) is 1. The SMILES string of the molecule is O=C(Nc1ccc(OCc2ccc(Cl)cc2)cc1)c1ccn2cc(-c3ccccc3)nc2c1. The van der Waals surface area contributed by atoms with Crippen LogP contribution in [0, 0.1) is 0 Å². The Bertz CT molecular complexity index is 1400. The number of anilines is 1. The fraction of sp³-hybridized carbons (Fsp3) is 0.0370. The summed E-state index contributed by atoms with van der Waals surface area (Å²) in [6.07, 6.45) is 3.80. The van der Waals surface area contributed by atoms with Crippen LogP contribution in [0.3, 0.4) is 0 Å². The number of rotatable bonds is 6. The minimum absolute atomic E-state index is 0.198. The zero-order chi connectivity index (χ0) is 22.6. The molecule has 0 saturated carbocycles. The molecule has 5 nitrogen and oxygen atoms in total. The number of hydrogen-bond donors (Lipinski definition) is 1. The summed E-state index contributed by atoms with van der Waals surface area (Å²) in [5.74, 6) is 0.520. The number of imidazole rings is 1. The van der Waals surface area contributed by atoms with Crippen molar-refractivity contribution in [3.63, 3.8) is 0 Å². The first-order valence-electron chi connectivity index (χ1n) is 10.5. The molecule has 0 aliphatic rings. The molecule has 0 saturated heterocycles. The molecule has 3 aromatic carbocycles. The van der Waals surface area contributed by atoms with E-state index in [1.165, 1.54) is 0 Å². The lowest BCUT2D eigenvalue weighted by Crippen LogP contribution is -2.12. The van der Waals surface area contributed by atoms with Gasteiger partial charge in [0.15, 0.2) is 0 Å². The van der Waals surface area contributed by atoms with Gasteiger partial charge in [-0.15, -0.1) is 0 Å². The lowest BCUT2D eigenvalue weighted by molar-refractivity contribution is 0.102.